The van der Waals surface area contributed by atoms with E-state index in [2.05, 4.69) is 48.0 Å². The molecule has 0 radical (unpaired) electrons. The van der Waals surface area contributed by atoms with Gasteiger partial charge in [0, 0.05) is 55.2 Å². The summed E-state index contributed by atoms with van der Waals surface area (Å²) in [6.07, 6.45) is 0. The topological polar surface area (TPSA) is 313 Å². The van der Waals surface area contributed by atoms with Crippen molar-refractivity contribution in [3.05, 3.63) is 144 Å². The van der Waals surface area contributed by atoms with Gasteiger partial charge in [0.15, 0.2) is 27.7 Å². The molecule has 2 heterocycles. The van der Waals surface area contributed by atoms with Gasteiger partial charge in [0.05, 0.1) is 37.3 Å². The first-order chi connectivity index (χ1) is 33.5. The maximum absolute atomic E-state index is 12.2. The number of hydrogen-bond acceptors (Lipinski definition) is 19. The standard InChI is InChI=1S/C44H32ClN11O9S5/c1-24-36(23-46)41(47-28-8-14-31(15-9-28)68(58)59)50-42(48-27-6-12-30(67-57)13-7-27)39(24)54-56-44-49-40(25-2-4-26(45)5-3-25)43(66-44)55-53-37-20-21-38(35-22-33(70(63,64)65)18-19-34(35)37)52-51-29-10-16-32(17-11-29)69(60,61)62/h2-22,51-52,57H,1H3,(H,58,59)(H2,47,48,50)(H,60,61,62)(H,63,64,65). The third kappa shape index (κ3) is 11.4. The fraction of sp³-hybridized carbons (Fsp3) is 0.0227. The van der Waals surface area contributed by atoms with Crippen LogP contribution in [0.4, 0.5) is 55.9 Å². The molecule has 8 aromatic rings. The predicted molar refractivity (Wildman–Crippen MR) is 269 cm³/mol. The Morgan fingerprint density at radius 3 is 1.97 bits per heavy atom. The molecule has 1 atom stereocenters. The zero-order chi connectivity index (χ0) is 49.7. The van der Waals surface area contributed by atoms with Crippen LogP contribution in [0.3, 0.4) is 0 Å². The largest absolute Gasteiger partial charge is 0.339 e. The highest BCUT2D eigenvalue weighted by molar-refractivity contribution is 7.93. The van der Waals surface area contributed by atoms with Gasteiger partial charge in [-0.15, -0.1) is 20.5 Å². The van der Waals surface area contributed by atoms with Crippen molar-refractivity contribution in [2.24, 2.45) is 20.5 Å². The lowest BCUT2D eigenvalue weighted by molar-refractivity contribution is 0.481. The Balaban J connectivity index is 1.17. The minimum atomic E-state index is -4.64. The van der Waals surface area contributed by atoms with Gasteiger partial charge in [-0.2, -0.15) is 22.1 Å². The maximum atomic E-state index is 12.2. The lowest BCUT2D eigenvalue weighted by Gasteiger charge is -2.16. The number of thiazole rings is 1. The van der Waals surface area contributed by atoms with Crippen molar-refractivity contribution in [3.8, 4) is 17.3 Å². The number of rotatable bonds is 16. The van der Waals surface area contributed by atoms with E-state index in [9.17, 15) is 44.5 Å². The van der Waals surface area contributed by atoms with Gasteiger partial charge < -0.3 is 30.6 Å². The van der Waals surface area contributed by atoms with Gasteiger partial charge in [0.25, 0.3) is 20.2 Å². The van der Waals surface area contributed by atoms with Crippen LogP contribution in [0.2, 0.25) is 5.02 Å². The van der Waals surface area contributed by atoms with Crippen molar-refractivity contribution in [1.29, 1.82) is 5.26 Å². The summed E-state index contributed by atoms with van der Waals surface area (Å²) in [5, 5.41) is 36.4. The first-order valence-electron chi connectivity index (χ1n) is 19.8. The summed E-state index contributed by atoms with van der Waals surface area (Å²) in [5.74, 6) is 0.334. The molecule has 0 spiro atoms. The van der Waals surface area contributed by atoms with Crippen LogP contribution in [0.25, 0.3) is 22.0 Å². The van der Waals surface area contributed by atoms with Gasteiger partial charge >= 0.3 is 0 Å². The molecule has 0 aliphatic rings. The van der Waals surface area contributed by atoms with Gasteiger partial charge in [-0.05, 0) is 116 Å². The van der Waals surface area contributed by atoms with E-state index in [0.717, 1.165) is 11.3 Å². The van der Waals surface area contributed by atoms with Crippen LogP contribution >= 0.6 is 35.0 Å². The Bertz CT molecular complexity index is 3650. The maximum Gasteiger partial charge on any atom is 0.294 e. The molecule has 6 aromatic carbocycles. The number of pyridine rings is 1. The predicted octanol–water partition coefficient (Wildman–Crippen LogP) is 12.6. The monoisotopic (exact) mass is 1050 g/mol. The summed E-state index contributed by atoms with van der Waals surface area (Å²) >= 11 is 5.64. The molecule has 8 rings (SSSR count). The lowest BCUT2D eigenvalue weighted by atomic mass is 10.1. The highest BCUT2D eigenvalue weighted by Gasteiger charge is 2.21. The van der Waals surface area contributed by atoms with E-state index in [1.165, 1.54) is 54.6 Å². The van der Waals surface area contributed by atoms with E-state index in [1.54, 1.807) is 79.7 Å². The number of nitriles is 1. The Morgan fingerprint density at radius 1 is 0.714 bits per heavy atom. The third-order valence-electron chi connectivity index (χ3n) is 10.0. The van der Waals surface area contributed by atoms with Crippen LogP contribution in [-0.4, -0.2) is 49.2 Å². The number of hydrazine groups is 1. The fourth-order valence-corrected chi connectivity index (χ4v) is 9.05. The van der Waals surface area contributed by atoms with Crippen LogP contribution in [-0.2, 0) is 31.3 Å². The average Bonchev–Trinajstić information content (AvgIpc) is 3.75. The Kier molecular flexibility index (Phi) is 14.6. The number of fused-ring (bicyclic) bond motifs is 1. The molecule has 8 N–H and O–H groups in total. The highest BCUT2D eigenvalue weighted by atomic mass is 35.5. The van der Waals surface area contributed by atoms with Gasteiger partial charge in [0.2, 0.25) is 5.13 Å². The number of azo groups is 2. The molecule has 354 valence electrons. The van der Waals surface area contributed by atoms with Crippen molar-refractivity contribution >= 4 is 133 Å². The van der Waals surface area contributed by atoms with Gasteiger partial charge in [0.1, 0.15) is 17.5 Å². The molecule has 20 nitrogen and oxygen atoms in total. The van der Waals surface area contributed by atoms with Crippen molar-refractivity contribution < 1.29 is 39.3 Å². The normalized spacial score (nSPS) is 12.3. The number of aromatic nitrogens is 2. The van der Waals surface area contributed by atoms with Crippen molar-refractivity contribution in [2.75, 3.05) is 21.5 Å². The summed E-state index contributed by atoms with van der Waals surface area (Å²) < 4.78 is 97.3. The molecular formula is C44H32ClN11O9S5. The Morgan fingerprint density at radius 2 is 1.34 bits per heavy atom. The zero-order valence-corrected chi connectivity index (χ0v) is 40.3. The summed E-state index contributed by atoms with van der Waals surface area (Å²) in [4.78, 5) is 9.52. The average molecular weight is 1050 g/mol. The van der Waals surface area contributed by atoms with Gasteiger partial charge in [-0.3, -0.25) is 9.11 Å². The second-order valence-corrected chi connectivity index (χ2v) is 20.4. The summed E-state index contributed by atoms with van der Waals surface area (Å²) in [5.41, 5.74) is 9.50. The number of hydrogen-bond donors (Lipinski definition) is 8. The lowest BCUT2D eigenvalue weighted by Crippen LogP contribution is -2.09. The quantitative estimate of drug-likeness (QED) is 0.0147. The molecule has 0 saturated heterocycles. The van der Waals surface area contributed by atoms with Crippen molar-refractivity contribution in [3.63, 3.8) is 0 Å². The zero-order valence-electron chi connectivity index (χ0n) is 35.5. The van der Waals surface area contributed by atoms with Crippen molar-refractivity contribution in [2.45, 2.75) is 26.5 Å². The highest BCUT2D eigenvalue weighted by Crippen LogP contribution is 2.44. The van der Waals surface area contributed by atoms with Crippen LogP contribution < -0.4 is 21.5 Å². The summed E-state index contributed by atoms with van der Waals surface area (Å²) in [6, 6.07) is 34.0. The van der Waals surface area contributed by atoms with Gasteiger partial charge in [-0.25, -0.2) is 14.2 Å². The summed E-state index contributed by atoms with van der Waals surface area (Å²) in [6.45, 7) is 1.67. The number of nitrogens with zero attached hydrogens (tertiary/aromatic N) is 7. The molecular weight excluding hydrogens is 1020 g/mol. The molecule has 0 saturated carbocycles. The number of halogens is 1. The number of anilines is 6. The van der Waals surface area contributed by atoms with Crippen molar-refractivity contribution in [1.82, 2.24) is 9.97 Å². The number of benzene rings is 6. The van der Waals surface area contributed by atoms with E-state index in [1.807, 2.05) is 0 Å². The molecule has 26 heteroatoms. The van der Waals surface area contributed by atoms with Crippen LogP contribution in [0.5, 0.6) is 0 Å². The first kappa shape index (κ1) is 49.2. The van der Waals surface area contributed by atoms with E-state index >= 15 is 0 Å². The fourth-order valence-electron chi connectivity index (χ4n) is 6.58. The molecule has 70 heavy (non-hydrogen) atoms. The Labute approximate surface area is 414 Å². The van der Waals surface area contributed by atoms with E-state index in [4.69, 9.17) is 21.6 Å². The molecule has 0 amide bonds. The third-order valence-corrected chi connectivity index (χ3v) is 14.0. The second-order valence-electron chi connectivity index (χ2n) is 14.5. The smallest absolute Gasteiger partial charge is 0.294 e. The van der Waals surface area contributed by atoms with Crippen LogP contribution in [0, 0.1) is 18.3 Å². The molecule has 0 bridgehead atoms. The van der Waals surface area contributed by atoms with Crippen LogP contribution in [0.15, 0.2) is 167 Å². The minimum absolute atomic E-state index is 0.119. The van der Waals surface area contributed by atoms with Crippen LogP contribution in [0.1, 0.15) is 11.1 Å². The van der Waals surface area contributed by atoms with Gasteiger partial charge in [-0.1, -0.05) is 41.1 Å². The van der Waals surface area contributed by atoms with E-state index in [0.29, 0.717) is 66.9 Å². The molecule has 2 aromatic heterocycles. The second kappa shape index (κ2) is 20.8. The molecule has 0 fully saturated rings. The molecule has 0 aliphatic carbocycles. The SMILES string of the molecule is Cc1c(C#N)c(Nc2ccc(S(=O)O)cc2)nc(Nc2ccc(SO)cc2)c1N=Nc1nc(-c2ccc(Cl)cc2)c(N=Nc2ccc(NNc3ccc(S(=O)(=O)O)cc3)c3cc(S(=O)(=O)O)ccc23)s1. The van der Waals surface area contributed by atoms with E-state index < -0.39 is 36.2 Å². The molecule has 1 unspecified atom stereocenters. The summed E-state index contributed by atoms with van der Waals surface area (Å²) in [7, 11) is -9.07. The Hall–Kier alpha value is -7.22. The van der Waals surface area contributed by atoms with E-state index in [-0.39, 0.29) is 53.9 Å². The minimum Gasteiger partial charge on any atom is -0.339 e. The first-order valence-corrected chi connectivity index (χ1v) is 25.8. The number of nitrogens with one attached hydrogen (secondary N) is 4. The molecule has 0 aliphatic heterocycles.